The fourth-order valence-electron chi connectivity index (χ4n) is 4.68. The van der Waals surface area contributed by atoms with E-state index >= 15 is 0 Å². The number of rotatable bonds is 2. The molecule has 0 bridgehead atoms. The third kappa shape index (κ3) is 3.06. The normalized spacial score (nSPS) is 16.1. The molecule has 1 unspecified atom stereocenters. The van der Waals surface area contributed by atoms with Crippen LogP contribution in [0.5, 0.6) is 0 Å². The van der Waals surface area contributed by atoms with Gasteiger partial charge in [-0.05, 0) is 93.2 Å². The van der Waals surface area contributed by atoms with Crippen molar-refractivity contribution >= 4 is 38.8 Å². The maximum absolute atomic E-state index is 11.3. The van der Waals surface area contributed by atoms with Crippen LogP contribution in [0.3, 0.4) is 0 Å². The summed E-state index contributed by atoms with van der Waals surface area (Å²) in [7, 11) is 0. The number of non-ortho nitro benzene ring substituents is 1. The van der Waals surface area contributed by atoms with Crippen molar-refractivity contribution in [3.8, 4) is 11.1 Å². The first-order chi connectivity index (χ1) is 14.0. The van der Waals surface area contributed by atoms with Gasteiger partial charge in [0, 0.05) is 17.2 Å². The zero-order valence-corrected chi connectivity index (χ0v) is 16.9. The van der Waals surface area contributed by atoms with Gasteiger partial charge >= 0.3 is 0 Å². The van der Waals surface area contributed by atoms with Gasteiger partial charge in [0.15, 0.2) is 0 Å². The molecule has 0 fully saturated rings. The van der Waals surface area contributed by atoms with E-state index < -0.39 is 0 Å². The molecule has 4 aromatic carbocycles. The van der Waals surface area contributed by atoms with E-state index in [2.05, 4.69) is 25.1 Å². The molecule has 4 heteroatoms. The van der Waals surface area contributed by atoms with E-state index in [-0.39, 0.29) is 10.6 Å². The molecule has 5 rings (SSSR count). The number of hydrogen-bond acceptors (Lipinski definition) is 2. The average Bonchev–Trinajstić information content (AvgIpc) is 2.72. The van der Waals surface area contributed by atoms with Crippen molar-refractivity contribution in [3.63, 3.8) is 0 Å². The second-order valence-corrected chi connectivity index (χ2v) is 8.50. The van der Waals surface area contributed by atoms with Crippen LogP contribution >= 0.6 is 11.6 Å². The standard InChI is InChI=1S/C25H20ClNO2/c1-15-2-9-22-17(12-15)5-10-23-21-11-8-20(27(28)29)13-18(21)14-24(25(22)23)16-3-6-19(26)7-4-16/h3-8,10-11,13-15H,2,9,12H2,1H3. The van der Waals surface area contributed by atoms with Gasteiger partial charge in [0.05, 0.1) is 4.92 Å². The van der Waals surface area contributed by atoms with Crippen molar-refractivity contribution in [1.29, 1.82) is 0 Å². The molecule has 0 saturated carbocycles. The molecule has 4 aromatic rings. The molecule has 0 saturated heterocycles. The van der Waals surface area contributed by atoms with Gasteiger partial charge in [-0.3, -0.25) is 10.1 Å². The Kier molecular flexibility index (Phi) is 4.29. The van der Waals surface area contributed by atoms with Crippen molar-refractivity contribution in [2.75, 3.05) is 0 Å². The van der Waals surface area contributed by atoms with Crippen molar-refractivity contribution in [1.82, 2.24) is 0 Å². The van der Waals surface area contributed by atoms with E-state index in [1.807, 2.05) is 30.3 Å². The minimum absolute atomic E-state index is 0.116. The lowest BCUT2D eigenvalue weighted by Gasteiger charge is -2.25. The van der Waals surface area contributed by atoms with Crippen LogP contribution in [0.25, 0.3) is 32.7 Å². The fraction of sp³-hybridized carbons (Fsp3) is 0.200. The number of nitro benzene ring substituents is 1. The Labute approximate surface area is 174 Å². The Morgan fingerprint density at radius 3 is 2.52 bits per heavy atom. The van der Waals surface area contributed by atoms with E-state index in [0.717, 1.165) is 40.1 Å². The van der Waals surface area contributed by atoms with E-state index in [1.165, 1.54) is 22.9 Å². The molecule has 0 aromatic heterocycles. The molecule has 0 aliphatic heterocycles. The summed E-state index contributed by atoms with van der Waals surface area (Å²) in [6, 6.07) is 19.6. The molecule has 0 heterocycles. The predicted octanol–water partition coefficient (Wildman–Crippen LogP) is 7.35. The maximum Gasteiger partial charge on any atom is 0.270 e. The summed E-state index contributed by atoms with van der Waals surface area (Å²) in [6.07, 6.45) is 3.35. The van der Waals surface area contributed by atoms with E-state index in [9.17, 15) is 10.1 Å². The number of benzene rings is 4. The van der Waals surface area contributed by atoms with Crippen LogP contribution in [0.1, 0.15) is 24.5 Å². The summed E-state index contributed by atoms with van der Waals surface area (Å²) in [5.74, 6) is 0.696. The van der Waals surface area contributed by atoms with Crippen LogP contribution in [0.4, 0.5) is 5.69 Å². The highest BCUT2D eigenvalue weighted by atomic mass is 35.5. The summed E-state index contributed by atoms with van der Waals surface area (Å²) in [5.41, 5.74) is 5.17. The summed E-state index contributed by atoms with van der Waals surface area (Å²) in [4.78, 5) is 11.0. The number of aryl methyl sites for hydroxylation is 1. The largest absolute Gasteiger partial charge is 0.270 e. The van der Waals surface area contributed by atoms with Gasteiger partial charge in [-0.25, -0.2) is 0 Å². The summed E-state index contributed by atoms with van der Waals surface area (Å²) in [5, 5.41) is 16.4. The zero-order valence-electron chi connectivity index (χ0n) is 16.1. The Morgan fingerprint density at radius 2 is 1.76 bits per heavy atom. The Hall–Kier alpha value is -2.91. The topological polar surface area (TPSA) is 43.1 Å². The summed E-state index contributed by atoms with van der Waals surface area (Å²) >= 11 is 6.12. The van der Waals surface area contributed by atoms with E-state index in [1.54, 1.807) is 12.1 Å². The van der Waals surface area contributed by atoms with Crippen LogP contribution in [-0.4, -0.2) is 4.92 Å². The minimum Gasteiger partial charge on any atom is -0.258 e. The second-order valence-electron chi connectivity index (χ2n) is 8.07. The molecule has 1 aliphatic carbocycles. The lowest BCUT2D eigenvalue weighted by atomic mass is 9.80. The molecule has 29 heavy (non-hydrogen) atoms. The van der Waals surface area contributed by atoms with Gasteiger partial charge in [0.25, 0.3) is 5.69 Å². The molecular weight excluding hydrogens is 382 g/mol. The van der Waals surface area contributed by atoms with E-state index in [0.29, 0.717) is 10.9 Å². The summed E-state index contributed by atoms with van der Waals surface area (Å²) < 4.78 is 0. The van der Waals surface area contributed by atoms with Crippen molar-refractivity contribution < 1.29 is 4.92 Å². The summed E-state index contributed by atoms with van der Waals surface area (Å²) in [6.45, 7) is 2.31. The number of halogens is 1. The van der Waals surface area contributed by atoms with E-state index in [4.69, 9.17) is 11.6 Å². The monoisotopic (exact) mass is 401 g/mol. The highest BCUT2D eigenvalue weighted by Crippen LogP contribution is 2.41. The van der Waals surface area contributed by atoms with Crippen molar-refractivity contribution in [2.45, 2.75) is 26.2 Å². The predicted molar refractivity (Wildman–Crippen MR) is 120 cm³/mol. The van der Waals surface area contributed by atoms with Gasteiger partial charge in [-0.15, -0.1) is 0 Å². The lowest BCUT2D eigenvalue weighted by Crippen LogP contribution is -2.12. The third-order valence-electron chi connectivity index (χ3n) is 6.13. The molecular formula is C25H20ClNO2. The second kappa shape index (κ2) is 6.85. The van der Waals surface area contributed by atoms with Crippen LogP contribution in [0.2, 0.25) is 5.02 Å². The molecule has 1 aliphatic rings. The third-order valence-corrected chi connectivity index (χ3v) is 6.38. The van der Waals surface area contributed by atoms with Gasteiger partial charge in [0.2, 0.25) is 0 Å². The molecule has 0 N–H and O–H groups in total. The molecule has 0 radical (unpaired) electrons. The molecule has 144 valence electrons. The highest BCUT2D eigenvalue weighted by Gasteiger charge is 2.21. The number of hydrogen-bond donors (Lipinski definition) is 0. The van der Waals surface area contributed by atoms with Crippen LogP contribution in [-0.2, 0) is 12.8 Å². The Balaban J connectivity index is 1.90. The van der Waals surface area contributed by atoms with Gasteiger partial charge in [-0.1, -0.05) is 42.8 Å². The average molecular weight is 402 g/mol. The first-order valence-electron chi connectivity index (χ1n) is 9.93. The Bertz CT molecular complexity index is 1280. The van der Waals surface area contributed by atoms with Gasteiger partial charge < -0.3 is 0 Å². The van der Waals surface area contributed by atoms with Crippen molar-refractivity contribution in [3.05, 3.63) is 86.9 Å². The molecule has 3 nitrogen and oxygen atoms in total. The smallest absolute Gasteiger partial charge is 0.258 e. The fourth-order valence-corrected chi connectivity index (χ4v) is 4.81. The van der Waals surface area contributed by atoms with Crippen LogP contribution in [0.15, 0.2) is 60.7 Å². The quantitative estimate of drug-likeness (QED) is 0.200. The van der Waals surface area contributed by atoms with Crippen molar-refractivity contribution in [2.24, 2.45) is 5.92 Å². The number of nitrogens with zero attached hydrogens (tertiary/aromatic N) is 1. The number of nitro groups is 1. The van der Waals surface area contributed by atoms with Gasteiger partial charge in [0.1, 0.15) is 0 Å². The minimum atomic E-state index is -0.333. The molecule has 0 spiro atoms. The molecule has 1 atom stereocenters. The molecule has 0 amide bonds. The highest BCUT2D eigenvalue weighted by molar-refractivity contribution is 6.30. The maximum atomic E-state index is 11.3. The zero-order chi connectivity index (χ0) is 20.1. The number of fused-ring (bicyclic) bond motifs is 5. The lowest BCUT2D eigenvalue weighted by molar-refractivity contribution is -0.384. The van der Waals surface area contributed by atoms with Crippen LogP contribution in [0, 0.1) is 16.0 Å². The first-order valence-corrected chi connectivity index (χ1v) is 10.3. The van der Waals surface area contributed by atoms with Crippen LogP contribution < -0.4 is 0 Å². The van der Waals surface area contributed by atoms with Gasteiger partial charge in [-0.2, -0.15) is 0 Å². The Morgan fingerprint density at radius 1 is 1.00 bits per heavy atom. The first kappa shape index (κ1) is 18.1. The SMILES string of the molecule is CC1CCc2c(ccc3c2c(-c2ccc(Cl)cc2)cc2cc([N+](=O)[O-])ccc23)C1.